The first-order valence-electron chi connectivity index (χ1n) is 1.15. The number of rotatable bonds is 1. The van der Waals surface area contributed by atoms with Gasteiger partial charge in [-0.1, -0.05) is 25.3 Å². The van der Waals surface area contributed by atoms with Crippen molar-refractivity contribution in [3.8, 4) is 0 Å². The summed E-state index contributed by atoms with van der Waals surface area (Å²) in [6.07, 6.45) is 3.28. The van der Waals surface area contributed by atoms with Gasteiger partial charge < -0.3 is 0 Å². The van der Waals surface area contributed by atoms with Gasteiger partial charge in [0.1, 0.15) is 0 Å². The molecule has 0 bridgehead atoms. The van der Waals surface area contributed by atoms with Crippen molar-refractivity contribution in [3.63, 3.8) is 0 Å². The Morgan fingerprint density at radius 3 is 1.20 bits per heavy atom. The van der Waals surface area contributed by atoms with Gasteiger partial charge in [0.2, 0.25) is 0 Å². The standard InChI is InChI=1S/C4H6.La/c1-3-4-2;/h3-4H,1-2H2;. The molecule has 0 aromatic rings. The Hall–Kier alpha value is 0.675. The van der Waals surface area contributed by atoms with Crippen molar-refractivity contribution >= 4 is 0 Å². The fourth-order valence-corrected chi connectivity index (χ4v) is 0. The van der Waals surface area contributed by atoms with Crippen molar-refractivity contribution in [1.82, 2.24) is 0 Å². The van der Waals surface area contributed by atoms with Crippen LogP contribution in [0, 0.1) is 35.6 Å². The zero-order chi connectivity index (χ0) is 3.41. The van der Waals surface area contributed by atoms with Gasteiger partial charge in [0, 0.05) is 35.6 Å². The molecule has 0 aliphatic carbocycles. The molecule has 0 aromatic heterocycles. The van der Waals surface area contributed by atoms with Crippen LogP contribution in [0.5, 0.6) is 0 Å². The molecule has 0 fully saturated rings. The van der Waals surface area contributed by atoms with Crippen LogP contribution in [0.15, 0.2) is 25.3 Å². The smallest absolute Gasteiger partial charge is 0 e. The molecule has 1 heteroatoms. The van der Waals surface area contributed by atoms with Gasteiger partial charge in [0.05, 0.1) is 0 Å². The monoisotopic (exact) mass is 193 g/mol. The average Bonchev–Trinajstić information content (AvgIpc) is 1.37. The maximum Gasteiger partial charge on any atom is 0 e. The Labute approximate surface area is 60.6 Å². The van der Waals surface area contributed by atoms with Crippen LogP contribution in [0.4, 0.5) is 0 Å². The molecule has 0 aliphatic rings. The fraction of sp³-hybridized carbons (Fsp3) is 0. The van der Waals surface area contributed by atoms with Gasteiger partial charge in [0.25, 0.3) is 0 Å². The second kappa shape index (κ2) is 8.82. The van der Waals surface area contributed by atoms with Gasteiger partial charge in [0.15, 0.2) is 0 Å². The predicted molar refractivity (Wildman–Crippen MR) is 20.4 cm³/mol. The summed E-state index contributed by atoms with van der Waals surface area (Å²) >= 11 is 0. The van der Waals surface area contributed by atoms with E-state index in [1.165, 1.54) is 0 Å². The van der Waals surface area contributed by atoms with E-state index in [1.54, 1.807) is 12.2 Å². The van der Waals surface area contributed by atoms with Crippen LogP contribution in [0.1, 0.15) is 0 Å². The number of allylic oxidation sites excluding steroid dienone is 2. The van der Waals surface area contributed by atoms with E-state index in [4.69, 9.17) is 0 Å². The Balaban J connectivity index is 0. The first-order chi connectivity index (χ1) is 1.91. The SMILES string of the molecule is C=CC=C.[La]. The summed E-state index contributed by atoms with van der Waals surface area (Å²) in [5, 5.41) is 0. The van der Waals surface area contributed by atoms with Gasteiger partial charge in [-0.15, -0.1) is 0 Å². The average molecular weight is 193 g/mol. The van der Waals surface area contributed by atoms with Crippen molar-refractivity contribution in [2.24, 2.45) is 0 Å². The summed E-state index contributed by atoms with van der Waals surface area (Å²) in [6, 6.07) is 0. The summed E-state index contributed by atoms with van der Waals surface area (Å²) in [5.41, 5.74) is 0. The van der Waals surface area contributed by atoms with Gasteiger partial charge in [-0.25, -0.2) is 0 Å². The molecule has 0 heterocycles. The van der Waals surface area contributed by atoms with Crippen molar-refractivity contribution in [3.05, 3.63) is 25.3 Å². The van der Waals surface area contributed by atoms with Crippen LogP contribution in [-0.2, 0) is 0 Å². The largest absolute Gasteiger partial charge is 0.0991 e. The van der Waals surface area contributed by atoms with Crippen LogP contribution >= 0.6 is 0 Å². The van der Waals surface area contributed by atoms with E-state index >= 15 is 0 Å². The molecule has 0 unspecified atom stereocenters. The third kappa shape index (κ3) is 11.9. The van der Waals surface area contributed by atoms with E-state index in [-0.39, 0.29) is 35.6 Å². The second-order valence-corrected chi connectivity index (χ2v) is 0.471. The van der Waals surface area contributed by atoms with E-state index in [2.05, 4.69) is 13.2 Å². The Kier molecular flexibility index (Phi) is 16.2. The topological polar surface area (TPSA) is 0 Å². The van der Waals surface area contributed by atoms with Crippen molar-refractivity contribution in [1.29, 1.82) is 0 Å². The molecule has 0 rings (SSSR count). The van der Waals surface area contributed by atoms with E-state index in [9.17, 15) is 0 Å². The first kappa shape index (κ1) is 9.18. The third-order valence-corrected chi connectivity index (χ3v) is 0.167. The van der Waals surface area contributed by atoms with Crippen LogP contribution in [0.2, 0.25) is 0 Å². The molecule has 0 atom stereocenters. The molecule has 0 spiro atoms. The van der Waals surface area contributed by atoms with Gasteiger partial charge >= 0.3 is 0 Å². The van der Waals surface area contributed by atoms with Crippen molar-refractivity contribution in [2.75, 3.05) is 0 Å². The molecule has 0 N–H and O–H groups in total. The zero-order valence-corrected chi connectivity index (χ0v) is 6.77. The molecule has 0 aromatic carbocycles. The quantitative estimate of drug-likeness (QED) is 0.551. The Morgan fingerprint density at radius 2 is 1.20 bits per heavy atom. The van der Waals surface area contributed by atoms with Gasteiger partial charge in [-0.05, 0) is 0 Å². The molecular weight excluding hydrogens is 187 g/mol. The Bertz CT molecular complexity index is 24.6. The second-order valence-electron chi connectivity index (χ2n) is 0.471. The van der Waals surface area contributed by atoms with Gasteiger partial charge in [-0.2, -0.15) is 0 Å². The summed E-state index contributed by atoms with van der Waals surface area (Å²) in [6.45, 7) is 6.72. The normalized spacial score (nSPS) is 4.00. The Morgan fingerprint density at radius 1 is 1.00 bits per heavy atom. The molecule has 25 valence electrons. The van der Waals surface area contributed by atoms with Crippen LogP contribution in [0.3, 0.4) is 0 Å². The predicted octanol–water partition coefficient (Wildman–Crippen LogP) is 1.36. The van der Waals surface area contributed by atoms with Crippen LogP contribution in [0.25, 0.3) is 0 Å². The summed E-state index contributed by atoms with van der Waals surface area (Å²) in [5.74, 6) is 0. The maximum atomic E-state index is 3.36. The number of hydrogen-bond donors (Lipinski definition) is 0. The molecule has 1 radical (unpaired) electrons. The van der Waals surface area contributed by atoms with Gasteiger partial charge in [-0.3, -0.25) is 0 Å². The molecule has 0 saturated heterocycles. The molecule has 0 amide bonds. The molecule has 0 nitrogen and oxygen atoms in total. The maximum absolute atomic E-state index is 3.36. The minimum atomic E-state index is 0. The van der Waals surface area contributed by atoms with E-state index in [0.717, 1.165) is 0 Å². The minimum Gasteiger partial charge on any atom is -0.0991 e. The summed E-state index contributed by atoms with van der Waals surface area (Å²) < 4.78 is 0. The molecular formula is C4H6La. The minimum absolute atomic E-state index is 0. The molecule has 5 heavy (non-hydrogen) atoms. The van der Waals surface area contributed by atoms with E-state index < -0.39 is 0 Å². The first-order valence-corrected chi connectivity index (χ1v) is 1.15. The molecule has 0 aliphatic heterocycles. The number of hydrogen-bond acceptors (Lipinski definition) is 0. The fourth-order valence-electron chi connectivity index (χ4n) is 0. The van der Waals surface area contributed by atoms with Crippen LogP contribution < -0.4 is 0 Å². The molecule has 0 saturated carbocycles. The third-order valence-electron chi connectivity index (χ3n) is 0.167. The van der Waals surface area contributed by atoms with E-state index in [1.807, 2.05) is 0 Å². The summed E-state index contributed by atoms with van der Waals surface area (Å²) in [7, 11) is 0. The van der Waals surface area contributed by atoms with Crippen molar-refractivity contribution in [2.45, 2.75) is 0 Å². The summed E-state index contributed by atoms with van der Waals surface area (Å²) in [4.78, 5) is 0. The van der Waals surface area contributed by atoms with Crippen molar-refractivity contribution < 1.29 is 35.6 Å². The van der Waals surface area contributed by atoms with Crippen LogP contribution in [-0.4, -0.2) is 0 Å². The zero-order valence-electron chi connectivity index (χ0n) is 3.15. The van der Waals surface area contributed by atoms with E-state index in [0.29, 0.717) is 0 Å².